The van der Waals surface area contributed by atoms with Crippen molar-refractivity contribution >= 4 is 23.2 Å². The number of piperidine rings is 1. The first-order valence-electron chi connectivity index (χ1n) is 6.52. The van der Waals surface area contributed by atoms with Gasteiger partial charge in [0.2, 0.25) is 0 Å². The number of benzene rings is 1. The highest BCUT2D eigenvalue weighted by molar-refractivity contribution is 6.34. The number of hydrogen-bond acceptors (Lipinski definition) is 3. The van der Waals surface area contributed by atoms with Crippen LogP contribution in [0.2, 0.25) is 10.0 Å². The van der Waals surface area contributed by atoms with Gasteiger partial charge < -0.3 is 5.32 Å². The molecule has 1 aromatic carbocycles. The first-order chi connectivity index (χ1) is 9.65. The first kappa shape index (κ1) is 13.7. The number of aromatic amines is 1. The summed E-state index contributed by atoms with van der Waals surface area (Å²) in [6.07, 6.45) is 3.22. The van der Waals surface area contributed by atoms with Crippen LogP contribution in [0.1, 0.15) is 31.1 Å². The van der Waals surface area contributed by atoms with Crippen LogP contribution in [0.3, 0.4) is 0 Å². The Kier molecular flexibility index (Phi) is 3.83. The van der Waals surface area contributed by atoms with E-state index in [0.29, 0.717) is 21.6 Å². The van der Waals surface area contributed by atoms with E-state index >= 15 is 0 Å². The lowest BCUT2D eigenvalue weighted by atomic mass is 10.0. The van der Waals surface area contributed by atoms with E-state index in [1.165, 1.54) is 4.57 Å². The van der Waals surface area contributed by atoms with E-state index in [1.54, 1.807) is 18.2 Å². The van der Waals surface area contributed by atoms with Crippen LogP contribution in [0.5, 0.6) is 0 Å². The summed E-state index contributed by atoms with van der Waals surface area (Å²) in [7, 11) is 0. The zero-order valence-corrected chi connectivity index (χ0v) is 12.2. The van der Waals surface area contributed by atoms with Gasteiger partial charge >= 0.3 is 5.69 Å². The second kappa shape index (κ2) is 5.60. The SMILES string of the molecule is O=c1[nH]nc(C2CCCCN2)n1-c1cc(Cl)cc(Cl)c1. The molecule has 2 aromatic rings. The Hall–Kier alpha value is -1.30. The van der Waals surface area contributed by atoms with E-state index < -0.39 is 0 Å². The van der Waals surface area contributed by atoms with Crippen LogP contribution in [0, 0.1) is 0 Å². The van der Waals surface area contributed by atoms with Gasteiger partial charge in [0.15, 0.2) is 5.82 Å². The highest BCUT2D eigenvalue weighted by atomic mass is 35.5. The highest BCUT2D eigenvalue weighted by Crippen LogP contribution is 2.25. The van der Waals surface area contributed by atoms with Gasteiger partial charge in [-0.2, -0.15) is 5.10 Å². The molecule has 1 atom stereocenters. The van der Waals surface area contributed by atoms with Crippen molar-refractivity contribution in [1.29, 1.82) is 0 Å². The lowest BCUT2D eigenvalue weighted by Crippen LogP contribution is -2.30. The molecular formula is C13H14Cl2N4O. The van der Waals surface area contributed by atoms with Gasteiger partial charge in [0.25, 0.3) is 0 Å². The number of halogens is 2. The summed E-state index contributed by atoms with van der Waals surface area (Å²) in [6.45, 7) is 0.933. The van der Waals surface area contributed by atoms with E-state index in [2.05, 4.69) is 15.5 Å². The fraction of sp³-hybridized carbons (Fsp3) is 0.385. The molecule has 0 amide bonds. The van der Waals surface area contributed by atoms with Gasteiger partial charge in [-0.1, -0.05) is 29.6 Å². The lowest BCUT2D eigenvalue weighted by molar-refractivity contribution is 0.393. The molecular weight excluding hydrogens is 299 g/mol. The molecule has 20 heavy (non-hydrogen) atoms. The molecule has 1 unspecified atom stereocenters. The van der Waals surface area contributed by atoms with E-state index in [4.69, 9.17) is 23.2 Å². The summed E-state index contributed by atoms with van der Waals surface area (Å²) >= 11 is 12.0. The minimum absolute atomic E-state index is 0.0699. The molecule has 1 fully saturated rings. The number of aromatic nitrogens is 3. The smallest absolute Gasteiger partial charge is 0.307 e. The largest absolute Gasteiger partial charge is 0.347 e. The minimum atomic E-state index is -0.286. The van der Waals surface area contributed by atoms with Crippen molar-refractivity contribution in [3.63, 3.8) is 0 Å². The maximum Gasteiger partial charge on any atom is 0.347 e. The van der Waals surface area contributed by atoms with Crippen molar-refractivity contribution in [3.05, 3.63) is 44.6 Å². The average molecular weight is 313 g/mol. The third kappa shape index (κ3) is 2.61. The van der Waals surface area contributed by atoms with Crippen molar-refractivity contribution in [3.8, 4) is 5.69 Å². The van der Waals surface area contributed by atoms with Crippen molar-refractivity contribution in [1.82, 2.24) is 20.1 Å². The summed E-state index contributed by atoms with van der Waals surface area (Å²) in [5.74, 6) is 0.674. The van der Waals surface area contributed by atoms with Crippen molar-refractivity contribution in [2.24, 2.45) is 0 Å². The van der Waals surface area contributed by atoms with Gasteiger partial charge in [-0.05, 0) is 37.6 Å². The Morgan fingerprint density at radius 3 is 2.60 bits per heavy atom. The molecule has 2 N–H and O–H groups in total. The van der Waals surface area contributed by atoms with Gasteiger partial charge in [-0.25, -0.2) is 14.5 Å². The molecule has 106 valence electrons. The third-order valence-corrected chi connectivity index (χ3v) is 3.86. The predicted octanol–water partition coefficient (Wildman–Crippen LogP) is 2.68. The van der Waals surface area contributed by atoms with Gasteiger partial charge in [-0.15, -0.1) is 0 Å². The van der Waals surface area contributed by atoms with Crippen LogP contribution in [0.4, 0.5) is 0 Å². The quantitative estimate of drug-likeness (QED) is 0.896. The summed E-state index contributed by atoms with van der Waals surface area (Å²) in [5, 5.41) is 11.0. The first-order valence-corrected chi connectivity index (χ1v) is 7.28. The molecule has 0 saturated carbocycles. The fourth-order valence-electron chi connectivity index (χ4n) is 2.53. The monoisotopic (exact) mass is 312 g/mol. The number of nitrogens with zero attached hydrogens (tertiary/aromatic N) is 2. The molecule has 0 radical (unpaired) electrons. The molecule has 5 nitrogen and oxygen atoms in total. The maximum atomic E-state index is 12.0. The zero-order valence-electron chi connectivity index (χ0n) is 10.7. The van der Waals surface area contributed by atoms with E-state index in [1.807, 2.05) is 0 Å². The number of rotatable bonds is 2. The van der Waals surface area contributed by atoms with Crippen molar-refractivity contribution in [2.75, 3.05) is 6.54 Å². The van der Waals surface area contributed by atoms with Gasteiger partial charge in [0.05, 0.1) is 11.7 Å². The summed E-state index contributed by atoms with van der Waals surface area (Å²) in [4.78, 5) is 12.0. The lowest BCUT2D eigenvalue weighted by Gasteiger charge is -2.22. The molecule has 1 saturated heterocycles. The predicted molar refractivity (Wildman–Crippen MR) is 78.8 cm³/mol. The Morgan fingerprint density at radius 1 is 1.20 bits per heavy atom. The number of hydrogen-bond donors (Lipinski definition) is 2. The molecule has 0 bridgehead atoms. The maximum absolute atomic E-state index is 12.0. The Labute approximate surface area is 125 Å². The number of nitrogens with one attached hydrogen (secondary N) is 2. The summed E-state index contributed by atoms with van der Waals surface area (Å²) in [5.41, 5.74) is 0.342. The Morgan fingerprint density at radius 2 is 1.95 bits per heavy atom. The average Bonchev–Trinajstić information content (AvgIpc) is 2.80. The standard InChI is InChI=1S/C13H14Cl2N4O/c14-8-5-9(15)7-10(6-8)19-12(17-18-13(19)20)11-3-1-2-4-16-11/h5-7,11,16H,1-4H2,(H,18,20). The van der Waals surface area contributed by atoms with E-state index in [9.17, 15) is 4.79 Å². The molecule has 1 aliphatic rings. The second-order valence-electron chi connectivity index (χ2n) is 4.85. The zero-order chi connectivity index (χ0) is 14.1. The highest BCUT2D eigenvalue weighted by Gasteiger charge is 2.22. The Bertz CT molecular complexity index is 653. The van der Waals surface area contributed by atoms with Crippen LogP contribution >= 0.6 is 23.2 Å². The van der Waals surface area contributed by atoms with Crippen LogP contribution in [-0.4, -0.2) is 21.3 Å². The summed E-state index contributed by atoms with van der Waals surface area (Å²) < 4.78 is 1.53. The van der Waals surface area contributed by atoms with Crippen LogP contribution in [-0.2, 0) is 0 Å². The second-order valence-corrected chi connectivity index (χ2v) is 5.73. The van der Waals surface area contributed by atoms with Crippen LogP contribution < -0.4 is 11.0 Å². The third-order valence-electron chi connectivity index (χ3n) is 3.43. The van der Waals surface area contributed by atoms with Crippen LogP contribution in [0.15, 0.2) is 23.0 Å². The summed E-state index contributed by atoms with van der Waals surface area (Å²) in [6, 6.07) is 5.12. The van der Waals surface area contributed by atoms with E-state index in [-0.39, 0.29) is 11.7 Å². The molecule has 7 heteroatoms. The van der Waals surface area contributed by atoms with Gasteiger partial charge in [-0.3, -0.25) is 0 Å². The molecule has 1 aromatic heterocycles. The van der Waals surface area contributed by atoms with E-state index in [0.717, 1.165) is 25.8 Å². The topological polar surface area (TPSA) is 62.7 Å². The van der Waals surface area contributed by atoms with Crippen molar-refractivity contribution < 1.29 is 0 Å². The molecule has 0 spiro atoms. The number of H-pyrrole nitrogens is 1. The van der Waals surface area contributed by atoms with Gasteiger partial charge in [0.1, 0.15) is 0 Å². The fourth-order valence-corrected chi connectivity index (χ4v) is 3.05. The normalized spacial score (nSPS) is 19.2. The Balaban J connectivity index is 2.08. The molecule has 1 aliphatic heterocycles. The molecule has 2 heterocycles. The van der Waals surface area contributed by atoms with Crippen LogP contribution in [0.25, 0.3) is 5.69 Å². The minimum Gasteiger partial charge on any atom is -0.307 e. The molecule has 3 rings (SSSR count). The van der Waals surface area contributed by atoms with Gasteiger partial charge in [0, 0.05) is 10.0 Å². The van der Waals surface area contributed by atoms with Crippen molar-refractivity contribution in [2.45, 2.75) is 25.3 Å². The molecule has 0 aliphatic carbocycles.